The minimum Gasteiger partial charge on any atom is -0.466 e. The lowest BCUT2D eigenvalue weighted by molar-refractivity contribution is -0.148. The Balaban J connectivity index is 1.90. The number of anilines is 1. The van der Waals surface area contributed by atoms with E-state index in [4.69, 9.17) is 9.47 Å². The second-order valence-electron chi connectivity index (χ2n) is 8.12. The Labute approximate surface area is 175 Å². The monoisotopic (exact) mass is 428 g/mol. The number of nitrogens with zero attached hydrogens (tertiary/aromatic N) is 1. The molecule has 0 aliphatic carbocycles. The quantitative estimate of drug-likeness (QED) is 0.698. The van der Waals surface area contributed by atoms with Crippen molar-refractivity contribution in [3.63, 3.8) is 0 Å². The Bertz CT molecular complexity index is 726. The van der Waals surface area contributed by atoms with Gasteiger partial charge < -0.3 is 19.7 Å². The Morgan fingerprint density at radius 2 is 2.03 bits per heavy atom. The number of methoxy groups -OCH3 is 1. The molecule has 1 aromatic rings. The van der Waals surface area contributed by atoms with Crippen LogP contribution in [0.4, 0.5) is 18.9 Å². The molecule has 0 radical (unpaired) electrons. The highest BCUT2D eigenvalue weighted by molar-refractivity contribution is 5.72. The lowest BCUT2D eigenvalue weighted by atomic mass is 9.87. The molecule has 2 saturated heterocycles. The number of ether oxygens (including phenoxy) is 2. The number of hydrogen-bond donors (Lipinski definition) is 1. The SMILES string of the molecule is CCOC(=O)C1CCCN(c2cc(C(F)(F)F)ccc2[C@H]2CNC[C@@H]2COC)CC1. The van der Waals surface area contributed by atoms with E-state index in [1.807, 2.05) is 4.90 Å². The van der Waals surface area contributed by atoms with Crippen molar-refractivity contribution in [2.24, 2.45) is 11.8 Å². The van der Waals surface area contributed by atoms with Crippen LogP contribution in [0.5, 0.6) is 0 Å². The Kier molecular flexibility index (Phi) is 7.63. The molecule has 2 aliphatic heterocycles. The van der Waals surface area contributed by atoms with Gasteiger partial charge >= 0.3 is 12.1 Å². The fraction of sp³-hybridized carbons (Fsp3) is 0.682. The van der Waals surface area contributed by atoms with E-state index >= 15 is 0 Å². The minimum absolute atomic E-state index is 0.0892. The molecule has 5 nitrogen and oxygen atoms in total. The van der Waals surface area contributed by atoms with Gasteiger partial charge in [0.25, 0.3) is 0 Å². The maximum absolute atomic E-state index is 13.5. The number of rotatable bonds is 6. The van der Waals surface area contributed by atoms with Crippen LogP contribution >= 0.6 is 0 Å². The van der Waals surface area contributed by atoms with Crippen LogP contribution in [0.2, 0.25) is 0 Å². The molecule has 3 atom stereocenters. The van der Waals surface area contributed by atoms with E-state index in [2.05, 4.69) is 5.32 Å². The first-order valence-electron chi connectivity index (χ1n) is 10.7. The predicted octanol–water partition coefficient (Wildman–Crippen LogP) is 3.82. The van der Waals surface area contributed by atoms with Gasteiger partial charge in [0.15, 0.2) is 0 Å². The van der Waals surface area contributed by atoms with Crippen LogP contribution in [0.1, 0.15) is 43.2 Å². The third-order valence-electron chi connectivity index (χ3n) is 6.17. The van der Waals surface area contributed by atoms with Gasteiger partial charge in [0.2, 0.25) is 0 Å². The molecular weight excluding hydrogens is 397 g/mol. The molecule has 0 amide bonds. The molecule has 168 valence electrons. The van der Waals surface area contributed by atoms with Gasteiger partial charge in [-0.1, -0.05) is 6.07 Å². The summed E-state index contributed by atoms with van der Waals surface area (Å²) in [4.78, 5) is 14.2. The fourth-order valence-corrected chi connectivity index (χ4v) is 4.63. The van der Waals surface area contributed by atoms with E-state index < -0.39 is 11.7 Å². The molecule has 8 heteroatoms. The van der Waals surface area contributed by atoms with Crippen molar-refractivity contribution in [1.29, 1.82) is 0 Å². The maximum atomic E-state index is 13.5. The highest BCUT2D eigenvalue weighted by Crippen LogP contribution is 2.40. The number of benzene rings is 1. The summed E-state index contributed by atoms with van der Waals surface area (Å²) in [6, 6.07) is 4.09. The number of carbonyl (C=O) groups excluding carboxylic acids is 1. The number of hydrogen-bond acceptors (Lipinski definition) is 5. The number of nitrogens with one attached hydrogen (secondary N) is 1. The largest absolute Gasteiger partial charge is 0.466 e. The van der Waals surface area contributed by atoms with Crippen LogP contribution in [0.25, 0.3) is 0 Å². The molecule has 1 N–H and O–H groups in total. The molecule has 0 spiro atoms. The van der Waals surface area contributed by atoms with Crippen molar-refractivity contribution in [3.8, 4) is 0 Å². The van der Waals surface area contributed by atoms with E-state index in [1.54, 1.807) is 20.1 Å². The van der Waals surface area contributed by atoms with Gasteiger partial charge in [0.05, 0.1) is 24.7 Å². The Morgan fingerprint density at radius 1 is 1.23 bits per heavy atom. The van der Waals surface area contributed by atoms with E-state index in [0.717, 1.165) is 18.5 Å². The second kappa shape index (κ2) is 10.0. The first-order chi connectivity index (χ1) is 14.3. The van der Waals surface area contributed by atoms with Crippen molar-refractivity contribution in [3.05, 3.63) is 29.3 Å². The normalized spacial score (nSPS) is 25.2. The summed E-state index contributed by atoms with van der Waals surface area (Å²) in [6.45, 7) is 5.33. The summed E-state index contributed by atoms with van der Waals surface area (Å²) in [5.41, 5.74) is 0.912. The molecule has 1 unspecified atom stereocenters. The standard InChI is InChI=1S/C22H31F3N2O3/c1-3-30-21(28)15-5-4-9-27(10-8-15)20-11-17(22(23,24)25)6-7-18(20)19-13-26-12-16(19)14-29-2/h6-7,11,15-16,19,26H,3-5,8-10,12-14H2,1-2H3/t15?,16-,19+/m1/s1. The fourth-order valence-electron chi connectivity index (χ4n) is 4.63. The Hall–Kier alpha value is -1.80. The minimum atomic E-state index is -4.40. The second-order valence-corrected chi connectivity index (χ2v) is 8.12. The van der Waals surface area contributed by atoms with E-state index in [1.165, 1.54) is 12.1 Å². The van der Waals surface area contributed by atoms with Crippen molar-refractivity contribution >= 4 is 11.7 Å². The van der Waals surface area contributed by atoms with Crippen LogP contribution in [0.15, 0.2) is 18.2 Å². The number of esters is 1. The molecular formula is C22H31F3N2O3. The zero-order valence-electron chi connectivity index (χ0n) is 17.6. The number of carbonyl (C=O) groups is 1. The molecule has 3 rings (SSSR count). The van der Waals surface area contributed by atoms with Crippen molar-refractivity contribution in [2.45, 2.75) is 38.3 Å². The highest BCUT2D eigenvalue weighted by atomic mass is 19.4. The molecule has 2 heterocycles. The van der Waals surface area contributed by atoms with E-state index in [0.29, 0.717) is 51.4 Å². The Morgan fingerprint density at radius 3 is 2.73 bits per heavy atom. The van der Waals surface area contributed by atoms with Crippen LogP contribution in [-0.2, 0) is 20.4 Å². The predicted molar refractivity (Wildman–Crippen MR) is 109 cm³/mol. The number of halogens is 3. The summed E-state index contributed by atoms with van der Waals surface area (Å²) >= 11 is 0. The average molecular weight is 428 g/mol. The van der Waals surface area contributed by atoms with Crippen LogP contribution < -0.4 is 10.2 Å². The van der Waals surface area contributed by atoms with Gasteiger partial charge in [-0.05, 0) is 43.9 Å². The third kappa shape index (κ3) is 5.27. The molecule has 1 aromatic carbocycles. The molecule has 30 heavy (non-hydrogen) atoms. The van der Waals surface area contributed by atoms with E-state index in [9.17, 15) is 18.0 Å². The van der Waals surface area contributed by atoms with Gasteiger partial charge in [-0.2, -0.15) is 13.2 Å². The summed E-state index contributed by atoms with van der Waals surface area (Å²) in [7, 11) is 1.65. The van der Waals surface area contributed by atoms with Gasteiger partial charge in [-0.3, -0.25) is 4.79 Å². The third-order valence-corrected chi connectivity index (χ3v) is 6.17. The van der Waals surface area contributed by atoms with Gasteiger partial charge in [0.1, 0.15) is 0 Å². The summed E-state index contributed by atoms with van der Waals surface area (Å²) in [5, 5.41) is 3.35. The number of alkyl halides is 3. The molecule has 0 aromatic heterocycles. The lowest BCUT2D eigenvalue weighted by Crippen LogP contribution is -2.28. The lowest BCUT2D eigenvalue weighted by Gasteiger charge is -2.30. The summed E-state index contributed by atoms with van der Waals surface area (Å²) in [5.74, 6) is -0.0987. The zero-order valence-corrected chi connectivity index (χ0v) is 17.6. The van der Waals surface area contributed by atoms with E-state index in [-0.39, 0.29) is 23.7 Å². The average Bonchev–Trinajstić information content (AvgIpc) is 3.02. The van der Waals surface area contributed by atoms with Crippen LogP contribution in [0, 0.1) is 11.8 Å². The topological polar surface area (TPSA) is 50.8 Å². The molecule has 2 fully saturated rings. The van der Waals surface area contributed by atoms with Gasteiger partial charge in [-0.25, -0.2) is 0 Å². The first-order valence-corrected chi connectivity index (χ1v) is 10.7. The van der Waals surface area contributed by atoms with Gasteiger partial charge in [0, 0.05) is 50.8 Å². The highest BCUT2D eigenvalue weighted by Gasteiger charge is 2.36. The molecule has 0 bridgehead atoms. The molecule has 2 aliphatic rings. The zero-order chi connectivity index (χ0) is 21.7. The summed E-state index contributed by atoms with van der Waals surface area (Å²) < 4.78 is 50.9. The van der Waals surface area contributed by atoms with Crippen LogP contribution in [-0.4, -0.2) is 52.5 Å². The summed E-state index contributed by atoms with van der Waals surface area (Å²) in [6.07, 6.45) is -2.38. The van der Waals surface area contributed by atoms with Crippen molar-refractivity contribution in [1.82, 2.24) is 5.32 Å². The smallest absolute Gasteiger partial charge is 0.416 e. The van der Waals surface area contributed by atoms with Gasteiger partial charge in [-0.15, -0.1) is 0 Å². The van der Waals surface area contributed by atoms with Crippen molar-refractivity contribution < 1.29 is 27.4 Å². The van der Waals surface area contributed by atoms with Crippen LogP contribution in [0.3, 0.4) is 0 Å². The molecule has 0 saturated carbocycles. The van der Waals surface area contributed by atoms with Crippen molar-refractivity contribution in [2.75, 3.05) is 51.4 Å². The maximum Gasteiger partial charge on any atom is 0.416 e. The first kappa shape index (κ1) is 22.9.